The van der Waals surface area contributed by atoms with Gasteiger partial charge in [-0.05, 0) is 31.2 Å². The van der Waals surface area contributed by atoms with Crippen LogP contribution in [0.4, 0.5) is 0 Å². The van der Waals surface area contributed by atoms with Crippen molar-refractivity contribution in [3.05, 3.63) is 63.3 Å². The molecule has 1 heterocycles. The van der Waals surface area contributed by atoms with E-state index in [2.05, 4.69) is 0 Å². The number of rotatable bonds is 1. The highest BCUT2D eigenvalue weighted by Crippen LogP contribution is 2.31. The van der Waals surface area contributed by atoms with Crippen LogP contribution in [0.2, 0.25) is 5.02 Å². The van der Waals surface area contributed by atoms with Crippen molar-refractivity contribution in [2.24, 2.45) is 0 Å². The van der Waals surface area contributed by atoms with Crippen molar-refractivity contribution in [1.82, 2.24) is 0 Å². The third-order valence-electron chi connectivity index (χ3n) is 3.22. The number of benzene rings is 2. The quantitative estimate of drug-likeness (QED) is 0.732. The second-order valence-corrected chi connectivity index (χ2v) is 4.95. The normalized spacial score (nSPS) is 10.9. The molecule has 0 atom stereocenters. The van der Waals surface area contributed by atoms with E-state index in [4.69, 9.17) is 16.0 Å². The molecule has 0 amide bonds. The smallest absolute Gasteiger partial charge is 0.196 e. The summed E-state index contributed by atoms with van der Waals surface area (Å²) < 4.78 is 5.78. The predicted octanol–water partition coefficient (Wildman–Crippen LogP) is 4.13. The summed E-state index contributed by atoms with van der Waals surface area (Å²) in [6, 6.07) is 11.6. The van der Waals surface area contributed by atoms with Gasteiger partial charge in [-0.3, -0.25) is 4.79 Å². The van der Waals surface area contributed by atoms with E-state index in [1.165, 1.54) is 12.1 Å². The maximum Gasteiger partial charge on any atom is 0.196 e. The molecule has 0 aliphatic heterocycles. The highest BCUT2D eigenvalue weighted by atomic mass is 35.5. The van der Waals surface area contributed by atoms with Crippen LogP contribution in [0.15, 0.2) is 51.7 Å². The Morgan fingerprint density at radius 3 is 2.65 bits per heavy atom. The lowest BCUT2D eigenvalue weighted by molar-refractivity contribution is 0.474. The number of aromatic hydroxyl groups is 1. The molecule has 3 rings (SSSR count). The van der Waals surface area contributed by atoms with Crippen LogP contribution in [-0.2, 0) is 0 Å². The van der Waals surface area contributed by atoms with Crippen LogP contribution in [0.3, 0.4) is 0 Å². The van der Waals surface area contributed by atoms with E-state index < -0.39 is 0 Å². The molecule has 0 saturated carbocycles. The highest BCUT2D eigenvalue weighted by molar-refractivity contribution is 6.33. The summed E-state index contributed by atoms with van der Waals surface area (Å²) in [5.41, 5.74) is 1.38. The zero-order chi connectivity index (χ0) is 14.3. The second-order valence-electron chi connectivity index (χ2n) is 4.55. The van der Waals surface area contributed by atoms with E-state index in [0.29, 0.717) is 32.9 Å². The first-order chi connectivity index (χ1) is 9.58. The summed E-state index contributed by atoms with van der Waals surface area (Å²) in [4.78, 5) is 12.4. The standard InChI is InChI=1S/C16H11ClO3/c1-9-15(19)12-7-6-10(18)8-14(12)20-16(9)11-4-2-3-5-13(11)17/h2-8,18H,1H3. The zero-order valence-electron chi connectivity index (χ0n) is 10.7. The van der Waals surface area contributed by atoms with Gasteiger partial charge >= 0.3 is 0 Å². The Kier molecular flexibility index (Phi) is 2.99. The molecular weight excluding hydrogens is 276 g/mol. The molecule has 0 bridgehead atoms. The minimum Gasteiger partial charge on any atom is -0.508 e. The summed E-state index contributed by atoms with van der Waals surface area (Å²) in [6.07, 6.45) is 0. The molecule has 2 aromatic carbocycles. The Hall–Kier alpha value is -2.26. The lowest BCUT2D eigenvalue weighted by Gasteiger charge is -2.08. The van der Waals surface area contributed by atoms with Gasteiger partial charge < -0.3 is 9.52 Å². The van der Waals surface area contributed by atoms with E-state index in [1.54, 1.807) is 25.1 Å². The van der Waals surface area contributed by atoms with Gasteiger partial charge in [-0.25, -0.2) is 0 Å². The summed E-state index contributed by atoms with van der Waals surface area (Å²) in [6.45, 7) is 1.71. The summed E-state index contributed by atoms with van der Waals surface area (Å²) in [7, 11) is 0. The first kappa shape index (κ1) is 12.8. The molecular formula is C16H11ClO3. The first-order valence-electron chi connectivity index (χ1n) is 6.09. The molecule has 0 aliphatic rings. The van der Waals surface area contributed by atoms with Crippen LogP contribution < -0.4 is 5.43 Å². The summed E-state index contributed by atoms with van der Waals surface area (Å²) in [5.74, 6) is 0.480. The van der Waals surface area contributed by atoms with Gasteiger partial charge in [-0.1, -0.05) is 23.7 Å². The van der Waals surface area contributed by atoms with Crippen molar-refractivity contribution in [2.75, 3.05) is 0 Å². The Morgan fingerprint density at radius 2 is 1.90 bits per heavy atom. The van der Waals surface area contributed by atoms with Crippen molar-refractivity contribution in [3.8, 4) is 17.1 Å². The third kappa shape index (κ3) is 1.96. The molecule has 0 saturated heterocycles. The molecule has 3 nitrogen and oxygen atoms in total. The minimum atomic E-state index is -0.124. The second kappa shape index (κ2) is 4.69. The van der Waals surface area contributed by atoms with Crippen molar-refractivity contribution in [3.63, 3.8) is 0 Å². The lowest BCUT2D eigenvalue weighted by atomic mass is 10.1. The third-order valence-corrected chi connectivity index (χ3v) is 3.55. The Bertz CT molecular complexity index is 865. The fourth-order valence-electron chi connectivity index (χ4n) is 2.18. The molecule has 0 aliphatic carbocycles. The molecule has 100 valence electrons. The van der Waals surface area contributed by atoms with E-state index in [0.717, 1.165) is 0 Å². The average Bonchev–Trinajstić information content (AvgIpc) is 2.43. The lowest BCUT2D eigenvalue weighted by Crippen LogP contribution is -2.07. The van der Waals surface area contributed by atoms with E-state index in [1.807, 2.05) is 12.1 Å². The molecule has 1 N–H and O–H groups in total. The van der Waals surface area contributed by atoms with Crippen molar-refractivity contribution >= 4 is 22.6 Å². The van der Waals surface area contributed by atoms with Crippen LogP contribution in [0.1, 0.15) is 5.56 Å². The van der Waals surface area contributed by atoms with Crippen LogP contribution in [0.25, 0.3) is 22.3 Å². The number of phenols is 1. The predicted molar refractivity (Wildman–Crippen MR) is 79.3 cm³/mol. The molecule has 20 heavy (non-hydrogen) atoms. The van der Waals surface area contributed by atoms with Gasteiger partial charge in [0.2, 0.25) is 0 Å². The number of fused-ring (bicyclic) bond motifs is 1. The number of hydrogen-bond acceptors (Lipinski definition) is 3. The number of hydrogen-bond donors (Lipinski definition) is 1. The Labute approximate surface area is 120 Å². The largest absolute Gasteiger partial charge is 0.508 e. The van der Waals surface area contributed by atoms with Crippen LogP contribution >= 0.6 is 11.6 Å². The zero-order valence-corrected chi connectivity index (χ0v) is 11.4. The molecule has 0 fully saturated rings. The highest BCUT2D eigenvalue weighted by Gasteiger charge is 2.14. The monoisotopic (exact) mass is 286 g/mol. The maximum atomic E-state index is 12.4. The Morgan fingerprint density at radius 1 is 1.15 bits per heavy atom. The van der Waals surface area contributed by atoms with Gasteiger partial charge in [0.1, 0.15) is 17.1 Å². The van der Waals surface area contributed by atoms with Crippen LogP contribution in [0.5, 0.6) is 5.75 Å². The van der Waals surface area contributed by atoms with Gasteiger partial charge in [0.15, 0.2) is 5.43 Å². The van der Waals surface area contributed by atoms with Crippen molar-refractivity contribution in [2.45, 2.75) is 6.92 Å². The van der Waals surface area contributed by atoms with Gasteiger partial charge in [0.05, 0.1) is 10.4 Å². The van der Waals surface area contributed by atoms with Gasteiger partial charge in [0.25, 0.3) is 0 Å². The maximum absolute atomic E-state index is 12.4. The fraction of sp³-hybridized carbons (Fsp3) is 0.0625. The summed E-state index contributed by atoms with van der Waals surface area (Å²) in [5, 5.41) is 10.5. The van der Waals surface area contributed by atoms with Crippen LogP contribution in [0, 0.1) is 6.92 Å². The van der Waals surface area contributed by atoms with Crippen molar-refractivity contribution < 1.29 is 9.52 Å². The van der Waals surface area contributed by atoms with Crippen LogP contribution in [-0.4, -0.2) is 5.11 Å². The van der Waals surface area contributed by atoms with Gasteiger partial charge in [-0.15, -0.1) is 0 Å². The number of phenolic OH excluding ortho intramolecular Hbond substituents is 1. The SMILES string of the molecule is Cc1c(-c2ccccc2Cl)oc2cc(O)ccc2c1=O. The first-order valence-corrected chi connectivity index (χ1v) is 6.47. The van der Waals surface area contributed by atoms with Crippen molar-refractivity contribution in [1.29, 1.82) is 0 Å². The Balaban J connectivity index is 2.40. The minimum absolute atomic E-state index is 0.0506. The van der Waals surface area contributed by atoms with Gasteiger partial charge in [-0.2, -0.15) is 0 Å². The number of halogens is 1. The average molecular weight is 287 g/mol. The fourth-order valence-corrected chi connectivity index (χ4v) is 2.40. The molecule has 0 radical (unpaired) electrons. The molecule has 1 aromatic heterocycles. The van der Waals surface area contributed by atoms with Gasteiger partial charge in [0, 0.05) is 17.2 Å². The summed E-state index contributed by atoms with van der Waals surface area (Å²) >= 11 is 6.15. The molecule has 4 heteroatoms. The molecule has 3 aromatic rings. The molecule has 0 spiro atoms. The van der Waals surface area contributed by atoms with E-state index in [9.17, 15) is 9.90 Å². The van der Waals surface area contributed by atoms with E-state index in [-0.39, 0.29) is 11.2 Å². The van der Waals surface area contributed by atoms with E-state index >= 15 is 0 Å². The topological polar surface area (TPSA) is 50.4 Å². The molecule has 0 unspecified atom stereocenters.